The van der Waals surface area contributed by atoms with Crippen LogP contribution in [0.3, 0.4) is 0 Å². The molecule has 0 unspecified atom stereocenters. The van der Waals surface area contributed by atoms with Gasteiger partial charge in [0, 0.05) is 5.56 Å². The molecule has 0 aliphatic carbocycles. The van der Waals surface area contributed by atoms with E-state index in [1.54, 1.807) is 24.3 Å². The Balaban J connectivity index is 2.33. The Kier molecular flexibility index (Phi) is 3.27. The molecule has 1 atom stereocenters. The van der Waals surface area contributed by atoms with Crippen LogP contribution >= 0.6 is 0 Å². The lowest BCUT2D eigenvalue weighted by Gasteiger charge is -2.25. The maximum absolute atomic E-state index is 12.2. The summed E-state index contributed by atoms with van der Waals surface area (Å²) in [5.41, 5.74) is 6.46. The van der Waals surface area contributed by atoms with Gasteiger partial charge in [0.15, 0.2) is 0 Å². The molecule has 0 amide bonds. The third-order valence-corrected chi connectivity index (χ3v) is 3.47. The van der Waals surface area contributed by atoms with E-state index in [0.29, 0.717) is 11.3 Å². The molecule has 2 heterocycles. The fraction of sp³-hybridized carbons (Fsp3) is 0.133. The number of nitrogens with two attached hydrogens (primary N) is 1. The minimum Gasteiger partial charge on any atom is -0.496 e. The van der Waals surface area contributed by atoms with Gasteiger partial charge in [-0.3, -0.25) is 4.79 Å². The van der Waals surface area contributed by atoms with E-state index < -0.39 is 5.92 Å². The molecule has 1 aromatic heterocycles. The number of benzene rings is 1. The zero-order valence-corrected chi connectivity index (χ0v) is 11.7. The first-order valence-corrected chi connectivity index (χ1v) is 6.45. The standard InChI is InChI=1S/C15H12N4O3/c1-21-10-5-3-2-4-8(10)11-9(6-16)13(17)22-15-12(11)14(20)18-7-19-15/h2-5,7,11H,17H2,1H3,(H,18,19,20)/t11-/m0/s1. The number of aromatic nitrogens is 2. The number of para-hydroxylation sites is 1. The summed E-state index contributed by atoms with van der Waals surface area (Å²) >= 11 is 0. The van der Waals surface area contributed by atoms with Crippen LogP contribution in [-0.4, -0.2) is 17.1 Å². The second-order valence-corrected chi connectivity index (χ2v) is 4.62. The average Bonchev–Trinajstić information content (AvgIpc) is 2.53. The van der Waals surface area contributed by atoms with Crippen molar-refractivity contribution in [3.05, 3.63) is 63.5 Å². The van der Waals surface area contributed by atoms with Crippen LogP contribution in [0.4, 0.5) is 0 Å². The van der Waals surface area contributed by atoms with Crippen molar-refractivity contribution in [3.63, 3.8) is 0 Å². The largest absolute Gasteiger partial charge is 0.496 e. The fourth-order valence-corrected chi connectivity index (χ4v) is 2.51. The van der Waals surface area contributed by atoms with Crippen molar-refractivity contribution in [2.75, 3.05) is 7.11 Å². The normalized spacial score (nSPS) is 16.5. The Morgan fingerprint density at radius 3 is 2.95 bits per heavy atom. The number of hydrogen-bond donors (Lipinski definition) is 2. The molecular weight excluding hydrogens is 284 g/mol. The van der Waals surface area contributed by atoms with E-state index in [0.717, 1.165) is 0 Å². The van der Waals surface area contributed by atoms with Gasteiger partial charge in [-0.15, -0.1) is 0 Å². The summed E-state index contributed by atoms with van der Waals surface area (Å²) in [5, 5.41) is 9.43. The number of nitrogens with zero attached hydrogens (tertiary/aromatic N) is 2. The smallest absolute Gasteiger partial charge is 0.258 e. The molecular formula is C15H12N4O3. The van der Waals surface area contributed by atoms with Crippen molar-refractivity contribution >= 4 is 0 Å². The topological polar surface area (TPSA) is 114 Å². The fourth-order valence-electron chi connectivity index (χ4n) is 2.51. The minimum absolute atomic E-state index is 0.0657. The molecule has 0 spiro atoms. The second-order valence-electron chi connectivity index (χ2n) is 4.62. The molecule has 1 aliphatic rings. The van der Waals surface area contributed by atoms with Gasteiger partial charge in [0.2, 0.25) is 11.8 Å². The summed E-state index contributed by atoms with van der Waals surface area (Å²) in [6.07, 6.45) is 1.23. The van der Waals surface area contributed by atoms with Gasteiger partial charge in [-0.05, 0) is 6.07 Å². The van der Waals surface area contributed by atoms with E-state index in [2.05, 4.69) is 9.97 Å². The van der Waals surface area contributed by atoms with E-state index in [1.807, 2.05) is 6.07 Å². The van der Waals surface area contributed by atoms with Gasteiger partial charge in [-0.1, -0.05) is 18.2 Å². The maximum atomic E-state index is 12.2. The Bertz CT molecular complexity index is 864. The number of fused-ring (bicyclic) bond motifs is 1. The molecule has 0 bridgehead atoms. The summed E-state index contributed by atoms with van der Waals surface area (Å²) in [7, 11) is 1.52. The minimum atomic E-state index is -0.692. The molecule has 1 aliphatic heterocycles. The SMILES string of the molecule is COc1ccccc1[C@H]1C(C#N)=C(N)Oc2nc[nH]c(=O)c21. The molecule has 0 saturated carbocycles. The molecule has 0 saturated heterocycles. The number of methoxy groups -OCH3 is 1. The van der Waals surface area contributed by atoms with E-state index >= 15 is 0 Å². The lowest BCUT2D eigenvalue weighted by atomic mass is 9.84. The van der Waals surface area contributed by atoms with Crippen molar-refractivity contribution in [2.24, 2.45) is 5.73 Å². The predicted octanol–water partition coefficient (Wildman–Crippen LogP) is 0.997. The summed E-state index contributed by atoms with van der Waals surface area (Å²) < 4.78 is 10.6. The number of aromatic amines is 1. The quantitative estimate of drug-likeness (QED) is 0.854. The molecule has 0 fully saturated rings. The number of allylic oxidation sites excluding steroid dienone is 1. The Morgan fingerprint density at radius 1 is 1.45 bits per heavy atom. The molecule has 110 valence electrons. The lowest BCUT2D eigenvalue weighted by molar-refractivity contribution is 0.371. The highest BCUT2D eigenvalue weighted by Gasteiger charge is 2.35. The van der Waals surface area contributed by atoms with Gasteiger partial charge >= 0.3 is 0 Å². The average molecular weight is 296 g/mol. The highest BCUT2D eigenvalue weighted by atomic mass is 16.5. The Morgan fingerprint density at radius 2 is 2.23 bits per heavy atom. The first-order valence-electron chi connectivity index (χ1n) is 6.45. The van der Waals surface area contributed by atoms with Crippen LogP contribution in [0, 0.1) is 11.3 Å². The third-order valence-electron chi connectivity index (χ3n) is 3.47. The molecule has 0 radical (unpaired) electrons. The summed E-state index contributed by atoms with van der Waals surface area (Å²) in [5.74, 6) is -0.119. The first kappa shape index (κ1) is 13.7. The molecule has 2 aromatic rings. The molecule has 3 N–H and O–H groups in total. The van der Waals surface area contributed by atoms with Crippen molar-refractivity contribution in [1.82, 2.24) is 9.97 Å². The molecule has 3 rings (SSSR count). The molecule has 7 nitrogen and oxygen atoms in total. The van der Waals surface area contributed by atoms with E-state index in [-0.39, 0.29) is 28.5 Å². The van der Waals surface area contributed by atoms with E-state index in [4.69, 9.17) is 15.2 Å². The van der Waals surface area contributed by atoms with Crippen LogP contribution in [0.25, 0.3) is 0 Å². The van der Waals surface area contributed by atoms with E-state index in [1.165, 1.54) is 13.4 Å². The van der Waals surface area contributed by atoms with Crippen molar-refractivity contribution in [2.45, 2.75) is 5.92 Å². The molecule has 22 heavy (non-hydrogen) atoms. The summed E-state index contributed by atoms with van der Waals surface area (Å²) in [6, 6.07) is 9.13. The zero-order valence-electron chi connectivity index (χ0n) is 11.7. The van der Waals surface area contributed by atoms with Gasteiger partial charge < -0.3 is 20.2 Å². The van der Waals surface area contributed by atoms with Crippen LogP contribution in [0.1, 0.15) is 17.0 Å². The third kappa shape index (κ3) is 1.98. The van der Waals surface area contributed by atoms with Crippen LogP contribution < -0.4 is 20.8 Å². The van der Waals surface area contributed by atoms with Gasteiger partial charge in [0.1, 0.15) is 17.4 Å². The molecule has 7 heteroatoms. The van der Waals surface area contributed by atoms with Crippen molar-refractivity contribution in [3.8, 4) is 17.7 Å². The number of rotatable bonds is 2. The predicted molar refractivity (Wildman–Crippen MR) is 77.1 cm³/mol. The Hall–Kier alpha value is -3.27. The van der Waals surface area contributed by atoms with E-state index in [9.17, 15) is 10.1 Å². The van der Waals surface area contributed by atoms with Crippen LogP contribution in [-0.2, 0) is 0 Å². The number of ether oxygens (including phenoxy) is 2. The molecule has 1 aromatic carbocycles. The van der Waals surface area contributed by atoms with Crippen LogP contribution in [0.15, 0.2) is 46.8 Å². The lowest BCUT2D eigenvalue weighted by Crippen LogP contribution is -2.28. The highest BCUT2D eigenvalue weighted by Crippen LogP contribution is 2.41. The highest BCUT2D eigenvalue weighted by molar-refractivity contribution is 5.55. The van der Waals surface area contributed by atoms with Crippen molar-refractivity contribution in [1.29, 1.82) is 5.26 Å². The first-order chi connectivity index (χ1) is 10.7. The van der Waals surface area contributed by atoms with Gasteiger partial charge in [0.25, 0.3) is 5.56 Å². The second kappa shape index (κ2) is 5.26. The van der Waals surface area contributed by atoms with Gasteiger partial charge in [-0.2, -0.15) is 5.26 Å². The van der Waals surface area contributed by atoms with Crippen molar-refractivity contribution < 1.29 is 9.47 Å². The number of nitrogens with one attached hydrogen (secondary N) is 1. The van der Waals surface area contributed by atoms with Gasteiger partial charge in [0.05, 0.1) is 24.9 Å². The summed E-state index contributed by atoms with van der Waals surface area (Å²) in [4.78, 5) is 18.7. The van der Waals surface area contributed by atoms with Gasteiger partial charge in [-0.25, -0.2) is 4.98 Å². The Labute approximate surface area is 125 Å². The summed E-state index contributed by atoms with van der Waals surface area (Å²) in [6.45, 7) is 0. The van der Waals surface area contributed by atoms with Crippen LogP contribution in [0.5, 0.6) is 11.6 Å². The number of H-pyrrole nitrogens is 1. The maximum Gasteiger partial charge on any atom is 0.258 e. The monoisotopic (exact) mass is 296 g/mol. The van der Waals surface area contributed by atoms with Crippen LogP contribution in [0.2, 0.25) is 0 Å². The number of hydrogen-bond acceptors (Lipinski definition) is 6. The number of nitriles is 1. The zero-order chi connectivity index (χ0) is 15.7.